The molecule has 0 fully saturated rings. The molecular weight excluding hydrogens is 170 g/mol. The van der Waals surface area contributed by atoms with E-state index in [9.17, 15) is 9.59 Å². The fourth-order valence-corrected chi connectivity index (χ4v) is 0.246. The quantitative estimate of drug-likeness (QED) is 0.481. The average molecular weight is 185 g/mol. The fourth-order valence-electron chi connectivity index (χ4n) is 0.246. The molecule has 0 unspecified atom stereocenters. The van der Waals surface area contributed by atoms with Crippen LogP contribution in [0.4, 0.5) is 0 Å². The lowest BCUT2D eigenvalue weighted by Crippen LogP contribution is -2.15. The lowest BCUT2D eigenvalue weighted by atomic mass is 10.6. The van der Waals surface area contributed by atoms with E-state index in [1.165, 1.54) is 24.9 Å². The number of nitrogens with zero attached hydrogens (tertiary/aromatic N) is 1. The number of hydrogen-bond acceptors (Lipinski definition) is 3. The van der Waals surface area contributed by atoms with E-state index in [-0.39, 0.29) is 11.9 Å². The van der Waals surface area contributed by atoms with E-state index in [0.29, 0.717) is 0 Å². The zero-order chi connectivity index (χ0) is 10.9. The van der Waals surface area contributed by atoms with Crippen LogP contribution in [-0.4, -0.2) is 23.8 Å². The highest BCUT2D eigenvalue weighted by Gasteiger charge is 1.90. The number of hydrogen-bond donors (Lipinski definition) is 0. The van der Waals surface area contributed by atoms with Gasteiger partial charge in [-0.2, -0.15) is 0 Å². The van der Waals surface area contributed by atoms with Crippen molar-refractivity contribution in [1.82, 2.24) is 4.90 Å². The van der Waals surface area contributed by atoms with Crippen molar-refractivity contribution in [3.63, 3.8) is 0 Å². The zero-order valence-electron chi connectivity index (χ0n) is 8.24. The summed E-state index contributed by atoms with van der Waals surface area (Å²) in [5.41, 5.74) is 0. The molecule has 0 aliphatic heterocycles. The molecule has 0 radical (unpaired) electrons. The molecule has 74 valence electrons. The third-order valence-corrected chi connectivity index (χ3v) is 1.02. The molecule has 0 heterocycles. The van der Waals surface area contributed by atoms with Gasteiger partial charge in [0.05, 0.1) is 6.26 Å². The molecule has 0 aromatic heterocycles. The van der Waals surface area contributed by atoms with Crippen molar-refractivity contribution in [3.8, 4) is 0 Å². The first-order valence-corrected chi connectivity index (χ1v) is 3.59. The highest BCUT2D eigenvalue weighted by atomic mass is 16.5. The molecule has 0 saturated heterocycles. The maximum atomic E-state index is 10.2. The number of amides is 1. The zero-order valence-corrected chi connectivity index (χ0v) is 8.24. The standard InChI is InChI=1S/C5H9NO.C4H6O2/c1-4-6(3)5(2)7;1-3-6-4(2)5/h4H,1H2,2-3H3;3H,1H2,2H3. The van der Waals surface area contributed by atoms with Crippen molar-refractivity contribution in [2.45, 2.75) is 13.8 Å². The van der Waals surface area contributed by atoms with Crippen molar-refractivity contribution in [2.75, 3.05) is 7.05 Å². The van der Waals surface area contributed by atoms with E-state index in [1.54, 1.807) is 7.05 Å². The van der Waals surface area contributed by atoms with Crippen LogP contribution >= 0.6 is 0 Å². The maximum Gasteiger partial charge on any atom is 0.307 e. The van der Waals surface area contributed by atoms with Gasteiger partial charge in [0.25, 0.3) is 0 Å². The Morgan fingerprint density at radius 2 is 1.77 bits per heavy atom. The van der Waals surface area contributed by atoms with Crippen molar-refractivity contribution in [3.05, 3.63) is 25.6 Å². The summed E-state index contributed by atoms with van der Waals surface area (Å²) in [5, 5.41) is 0. The molecule has 0 aromatic carbocycles. The Kier molecular flexibility index (Phi) is 9.15. The monoisotopic (exact) mass is 185 g/mol. The first-order chi connectivity index (χ1) is 5.95. The van der Waals surface area contributed by atoms with Gasteiger partial charge in [-0.1, -0.05) is 13.2 Å². The third kappa shape index (κ3) is 13.4. The van der Waals surface area contributed by atoms with Crippen LogP contribution in [0, 0.1) is 0 Å². The van der Waals surface area contributed by atoms with Gasteiger partial charge in [0.15, 0.2) is 0 Å². The molecule has 0 N–H and O–H groups in total. The normalized spacial score (nSPS) is 7.31. The van der Waals surface area contributed by atoms with Gasteiger partial charge in [-0.3, -0.25) is 9.59 Å². The van der Waals surface area contributed by atoms with Crippen LogP contribution in [0.5, 0.6) is 0 Å². The molecule has 0 spiro atoms. The van der Waals surface area contributed by atoms with Crippen LogP contribution in [0.2, 0.25) is 0 Å². The molecule has 0 aliphatic rings. The first-order valence-electron chi connectivity index (χ1n) is 3.59. The van der Waals surface area contributed by atoms with Gasteiger partial charge in [-0.05, 0) is 6.20 Å². The van der Waals surface area contributed by atoms with E-state index in [2.05, 4.69) is 17.9 Å². The molecule has 13 heavy (non-hydrogen) atoms. The highest BCUT2D eigenvalue weighted by molar-refractivity contribution is 5.73. The SMILES string of the molecule is C=CN(C)C(C)=O.C=COC(C)=O. The van der Waals surface area contributed by atoms with Gasteiger partial charge in [0.2, 0.25) is 5.91 Å². The second-order valence-corrected chi connectivity index (χ2v) is 2.09. The molecular formula is C9H15NO3. The van der Waals surface area contributed by atoms with Gasteiger partial charge in [0.1, 0.15) is 0 Å². The lowest BCUT2D eigenvalue weighted by Gasteiger charge is -2.04. The Morgan fingerprint density at radius 1 is 1.31 bits per heavy atom. The van der Waals surface area contributed by atoms with Gasteiger partial charge in [-0.25, -0.2) is 0 Å². The molecule has 1 amide bonds. The van der Waals surface area contributed by atoms with Crippen LogP contribution in [-0.2, 0) is 14.3 Å². The van der Waals surface area contributed by atoms with Crippen molar-refractivity contribution in [1.29, 1.82) is 0 Å². The van der Waals surface area contributed by atoms with E-state index in [0.717, 1.165) is 6.26 Å². The first kappa shape index (κ1) is 14.0. The van der Waals surface area contributed by atoms with Gasteiger partial charge in [-0.15, -0.1) is 0 Å². The smallest absolute Gasteiger partial charge is 0.307 e. The molecule has 4 nitrogen and oxygen atoms in total. The summed E-state index contributed by atoms with van der Waals surface area (Å²) in [5.74, 6) is -0.319. The number of esters is 1. The topological polar surface area (TPSA) is 46.6 Å². The summed E-state index contributed by atoms with van der Waals surface area (Å²) >= 11 is 0. The van der Waals surface area contributed by atoms with Crippen molar-refractivity contribution >= 4 is 11.9 Å². The van der Waals surface area contributed by atoms with Gasteiger partial charge >= 0.3 is 5.97 Å². The van der Waals surface area contributed by atoms with E-state index >= 15 is 0 Å². The van der Waals surface area contributed by atoms with Crippen molar-refractivity contribution < 1.29 is 14.3 Å². The Balaban J connectivity index is 0. The fraction of sp³-hybridized carbons (Fsp3) is 0.333. The van der Waals surface area contributed by atoms with Crippen LogP contribution < -0.4 is 0 Å². The van der Waals surface area contributed by atoms with Crippen LogP contribution in [0.25, 0.3) is 0 Å². The molecule has 0 atom stereocenters. The molecule has 4 heteroatoms. The molecule has 0 bridgehead atoms. The van der Waals surface area contributed by atoms with Crippen molar-refractivity contribution in [2.24, 2.45) is 0 Å². The summed E-state index contributed by atoms with van der Waals surface area (Å²) < 4.78 is 4.17. The number of rotatable bonds is 2. The van der Waals surface area contributed by atoms with Crippen LogP contribution in [0.15, 0.2) is 25.6 Å². The lowest BCUT2D eigenvalue weighted by molar-refractivity contribution is -0.135. The Bertz CT molecular complexity index is 199. The Labute approximate surface area is 78.5 Å². The minimum absolute atomic E-state index is 0.00926. The summed E-state index contributed by atoms with van der Waals surface area (Å²) in [7, 11) is 1.66. The number of carbonyl (C=O) groups excluding carboxylic acids is 2. The molecule has 0 aromatic rings. The number of ether oxygens (including phenoxy) is 1. The van der Waals surface area contributed by atoms with E-state index in [1.807, 2.05) is 0 Å². The van der Waals surface area contributed by atoms with Crippen LogP contribution in [0.1, 0.15) is 13.8 Å². The molecule has 0 rings (SSSR count). The molecule has 0 aliphatic carbocycles. The second-order valence-electron chi connectivity index (χ2n) is 2.09. The second kappa shape index (κ2) is 8.52. The Hall–Kier alpha value is -1.58. The van der Waals surface area contributed by atoms with Gasteiger partial charge < -0.3 is 9.64 Å². The minimum atomic E-state index is -0.329. The highest BCUT2D eigenvalue weighted by Crippen LogP contribution is 1.79. The predicted octanol–water partition coefficient (Wildman–Crippen LogP) is 1.30. The predicted molar refractivity (Wildman–Crippen MR) is 50.6 cm³/mol. The third-order valence-electron chi connectivity index (χ3n) is 1.02. The minimum Gasteiger partial charge on any atom is -0.435 e. The van der Waals surface area contributed by atoms with Gasteiger partial charge in [0, 0.05) is 20.9 Å². The van der Waals surface area contributed by atoms with E-state index < -0.39 is 0 Å². The number of carbonyl (C=O) groups is 2. The largest absolute Gasteiger partial charge is 0.435 e. The Morgan fingerprint density at radius 3 is 1.77 bits per heavy atom. The van der Waals surface area contributed by atoms with E-state index in [4.69, 9.17) is 0 Å². The van der Waals surface area contributed by atoms with Crippen LogP contribution in [0.3, 0.4) is 0 Å². The molecule has 0 saturated carbocycles. The summed E-state index contributed by atoms with van der Waals surface area (Å²) in [6.45, 7) is 9.35. The summed E-state index contributed by atoms with van der Waals surface area (Å²) in [6.07, 6.45) is 2.57. The maximum absolute atomic E-state index is 10.2. The summed E-state index contributed by atoms with van der Waals surface area (Å²) in [6, 6.07) is 0. The average Bonchev–Trinajstić information content (AvgIpc) is 2.03. The summed E-state index contributed by atoms with van der Waals surface area (Å²) in [4.78, 5) is 21.4.